The topological polar surface area (TPSA) is 48.5 Å². The second kappa shape index (κ2) is 8.15. The number of likely N-dealkylation sites (tertiary alicyclic amines) is 1. The summed E-state index contributed by atoms with van der Waals surface area (Å²) >= 11 is 0. The Bertz CT molecular complexity index is 851. The molecule has 0 bridgehead atoms. The summed E-state index contributed by atoms with van der Waals surface area (Å²) in [4.78, 5) is 5.87. The summed E-state index contributed by atoms with van der Waals surface area (Å²) in [5, 5.41) is 11.4. The molecule has 1 aliphatic heterocycles. The van der Waals surface area contributed by atoms with Crippen molar-refractivity contribution >= 4 is 10.9 Å². The summed E-state index contributed by atoms with van der Waals surface area (Å²) < 4.78 is 5.87. The minimum Gasteiger partial charge on any atom is -0.494 e. The number of aliphatic hydroxyl groups excluding tert-OH is 1. The van der Waals surface area contributed by atoms with Crippen molar-refractivity contribution in [2.45, 2.75) is 25.8 Å². The first-order chi connectivity index (χ1) is 13.3. The van der Waals surface area contributed by atoms with Gasteiger partial charge in [0.05, 0.1) is 6.61 Å². The van der Waals surface area contributed by atoms with Gasteiger partial charge in [0.1, 0.15) is 5.75 Å². The van der Waals surface area contributed by atoms with E-state index < -0.39 is 0 Å². The summed E-state index contributed by atoms with van der Waals surface area (Å²) in [6.07, 6.45) is 5.07. The largest absolute Gasteiger partial charge is 0.494 e. The fourth-order valence-corrected chi connectivity index (χ4v) is 4.08. The van der Waals surface area contributed by atoms with Gasteiger partial charge in [0.2, 0.25) is 0 Å². The zero-order chi connectivity index (χ0) is 18.5. The van der Waals surface area contributed by atoms with Gasteiger partial charge in [-0.1, -0.05) is 36.4 Å². The zero-order valence-corrected chi connectivity index (χ0v) is 15.7. The smallest absolute Gasteiger partial charge is 0.119 e. The average molecular weight is 364 g/mol. The number of benzene rings is 2. The number of para-hydroxylation sites is 2. The number of aromatic amines is 1. The van der Waals surface area contributed by atoms with E-state index in [2.05, 4.69) is 40.3 Å². The molecule has 0 atom stereocenters. The quantitative estimate of drug-likeness (QED) is 0.660. The number of nitrogens with zero attached hydrogens (tertiary/aromatic N) is 1. The minimum atomic E-state index is -0.00844. The van der Waals surface area contributed by atoms with Gasteiger partial charge in [-0.2, -0.15) is 0 Å². The van der Waals surface area contributed by atoms with E-state index >= 15 is 0 Å². The van der Waals surface area contributed by atoms with Crippen molar-refractivity contribution in [2.75, 3.05) is 26.3 Å². The van der Waals surface area contributed by atoms with Crippen LogP contribution in [0.15, 0.2) is 60.8 Å². The molecule has 0 amide bonds. The van der Waals surface area contributed by atoms with Crippen LogP contribution in [0.5, 0.6) is 5.75 Å². The molecule has 1 saturated heterocycles. The van der Waals surface area contributed by atoms with Gasteiger partial charge < -0.3 is 14.8 Å². The van der Waals surface area contributed by atoms with Crippen molar-refractivity contribution < 1.29 is 9.84 Å². The number of aliphatic hydroxyl groups is 1. The normalized spacial score (nSPS) is 17.2. The molecule has 1 fully saturated rings. The fraction of sp³-hybridized carbons (Fsp3) is 0.391. The highest BCUT2D eigenvalue weighted by atomic mass is 16.5. The highest BCUT2D eigenvalue weighted by Crippen LogP contribution is 2.35. The third kappa shape index (κ3) is 4.18. The second-order valence-corrected chi connectivity index (χ2v) is 7.71. The van der Waals surface area contributed by atoms with E-state index in [0.29, 0.717) is 6.61 Å². The van der Waals surface area contributed by atoms with Crippen LogP contribution in [0, 0.1) is 5.41 Å². The summed E-state index contributed by atoms with van der Waals surface area (Å²) in [5.41, 5.74) is 2.55. The number of piperidine rings is 1. The summed E-state index contributed by atoms with van der Waals surface area (Å²) in [6.45, 7) is 3.90. The van der Waals surface area contributed by atoms with Gasteiger partial charge in [0.15, 0.2) is 0 Å². The number of aromatic nitrogens is 1. The Kier molecular flexibility index (Phi) is 5.46. The van der Waals surface area contributed by atoms with Gasteiger partial charge in [-0.05, 0) is 61.5 Å². The highest BCUT2D eigenvalue weighted by Gasteiger charge is 2.34. The molecule has 1 aliphatic rings. The molecule has 4 nitrogen and oxygen atoms in total. The summed E-state index contributed by atoms with van der Waals surface area (Å²) in [7, 11) is 0. The number of rotatable bonds is 7. The van der Waals surface area contributed by atoms with E-state index in [1.165, 1.54) is 16.5 Å². The summed E-state index contributed by atoms with van der Waals surface area (Å²) in [6, 6.07) is 18.4. The fourth-order valence-electron chi connectivity index (χ4n) is 4.08. The van der Waals surface area contributed by atoms with Crippen LogP contribution in [0.4, 0.5) is 0 Å². The lowest BCUT2D eigenvalue weighted by Gasteiger charge is -2.40. The number of hydrogen-bond acceptors (Lipinski definition) is 3. The molecule has 2 heterocycles. The predicted octanol–water partition coefficient (Wildman–Crippen LogP) is 4.21. The molecule has 1 aromatic heterocycles. The van der Waals surface area contributed by atoms with E-state index in [9.17, 15) is 5.11 Å². The third-order valence-corrected chi connectivity index (χ3v) is 5.97. The molecule has 27 heavy (non-hydrogen) atoms. The van der Waals surface area contributed by atoms with Gasteiger partial charge in [-0.15, -0.1) is 0 Å². The Morgan fingerprint density at radius 2 is 1.74 bits per heavy atom. The number of ether oxygens (including phenoxy) is 1. The molecule has 4 rings (SSSR count). The number of fused-ring (bicyclic) bond motifs is 1. The van der Waals surface area contributed by atoms with Crippen LogP contribution in [0.25, 0.3) is 10.9 Å². The summed E-state index contributed by atoms with van der Waals surface area (Å²) in [5.74, 6) is 0.905. The molecule has 3 aromatic rings. The monoisotopic (exact) mass is 364 g/mol. The van der Waals surface area contributed by atoms with Crippen molar-refractivity contribution in [2.24, 2.45) is 5.41 Å². The van der Waals surface area contributed by atoms with Crippen molar-refractivity contribution in [3.63, 3.8) is 0 Å². The van der Waals surface area contributed by atoms with E-state index in [-0.39, 0.29) is 12.0 Å². The van der Waals surface area contributed by atoms with Crippen LogP contribution in [0.3, 0.4) is 0 Å². The lowest BCUT2D eigenvalue weighted by molar-refractivity contribution is 0.0244. The lowest BCUT2D eigenvalue weighted by atomic mass is 9.76. The second-order valence-electron chi connectivity index (χ2n) is 7.71. The average Bonchev–Trinajstić information content (AvgIpc) is 3.13. The molecule has 0 unspecified atom stereocenters. The van der Waals surface area contributed by atoms with Crippen molar-refractivity contribution in [3.8, 4) is 5.75 Å². The van der Waals surface area contributed by atoms with Crippen LogP contribution in [0.1, 0.15) is 24.8 Å². The molecule has 2 N–H and O–H groups in total. The van der Waals surface area contributed by atoms with Crippen LogP contribution >= 0.6 is 0 Å². The third-order valence-electron chi connectivity index (χ3n) is 5.97. The molecule has 0 saturated carbocycles. The molecule has 142 valence electrons. The molecular weight excluding hydrogens is 336 g/mol. The Balaban J connectivity index is 1.31. The van der Waals surface area contributed by atoms with Crippen molar-refractivity contribution in [1.82, 2.24) is 9.88 Å². The molecule has 2 aromatic carbocycles. The first-order valence-electron chi connectivity index (χ1n) is 9.84. The lowest BCUT2D eigenvalue weighted by Crippen LogP contribution is -2.42. The zero-order valence-electron chi connectivity index (χ0n) is 15.7. The van der Waals surface area contributed by atoms with Crippen molar-refractivity contribution in [1.29, 1.82) is 0 Å². The van der Waals surface area contributed by atoms with Crippen LogP contribution < -0.4 is 4.74 Å². The maximum absolute atomic E-state index is 10.0. The predicted molar refractivity (Wildman–Crippen MR) is 109 cm³/mol. The first-order valence-corrected chi connectivity index (χ1v) is 9.84. The maximum atomic E-state index is 10.0. The van der Waals surface area contributed by atoms with E-state index in [1.807, 2.05) is 30.3 Å². The van der Waals surface area contributed by atoms with Gasteiger partial charge in [0, 0.05) is 30.3 Å². The van der Waals surface area contributed by atoms with Gasteiger partial charge in [0.25, 0.3) is 0 Å². The van der Waals surface area contributed by atoms with Gasteiger partial charge in [-0.3, -0.25) is 4.90 Å². The Morgan fingerprint density at radius 1 is 1.00 bits per heavy atom. The number of hydrogen-bond donors (Lipinski definition) is 2. The van der Waals surface area contributed by atoms with E-state index in [1.54, 1.807) is 0 Å². The SMILES string of the molecule is OCC1(CCOc2ccccc2)CCN(Cc2c[nH]c3ccccc23)CC1. The van der Waals surface area contributed by atoms with Crippen LogP contribution in [-0.2, 0) is 6.54 Å². The minimum absolute atomic E-state index is 0.00844. The van der Waals surface area contributed by atoms with Gasteiger partial charge >= 0.3 is 0 Å². The highest BCUT2D eigenvalue weighted by molar-refractivity contribution is 5.82. The standard InChI is InChI=1S/C23H28N2O2/c26-18-23(12-15-27-20-6-2-1-3-7-20)10-13-25(14-11-23)17-19-16-24-22-9-5-4-8-21(19)22/h1-9,16,24,26H,10-15,17-18H2. The number of H-pyrrole nitrogens is 1. The first kappa shape index (κ1) is 18.1. The van der Waals surface area contributed by atoms with Gasteiger partial charge in [-0.25, -0.2) is 0 Å². The molecule has 4 heteroatoms. The maximum Gasteiger partial charge on any atom is 0.119 e. The Hall–Kier alpha value is -2.30. The molecule has 0 radical (unpaired) electrons. The molecule has 0 spiro atoms. The van der Waals surface area contributed by atoms with E-state index in [0.717, 1.165) is 44.6 Å². The van der Waals surface area contributed by atoms with Crippen LogP contribution in [0.2, 0.25) is 0 Å². The molecule has 0 aliphatic carbocycles. The number of nitrogens with one attached hydrogen (secondary N) is 1. The van der Waals surface area contributed by atoms with Crippen LogP contribution in [-0.4, -0.2) is 41.3 Å². The van der Waals surface area contributed by atoms with E-state index in [4.69, 9.17) is 4.74 Å². The molecular formula is C23H28N2O2. The van der Waals surface area contributed by atoms with Crippen molar-refractivity contribution in [3.05, 3.63) is 66.4 Å². The Morgan fingerprint density at radius 3 is 2.52 bits per heavy atom. The Labute approximate surface area is 160 Å².